The number of H-pyrrole nitrogens is 1. The van der Waals surface area contributed by atoms with Crippen LogP contribution in [0, 0.1) is 13.8 Å². The first-order chi connectivity index (χ1) is 16.9. The van der Waals surface area contributed by atoms with Gasteiger partial charge in [0.2, 0.25) is 5.95 Å². The third-order valence-corrected chi connectivity index (χ3v) is 6.67. The molecule has 0 atom stereocenters. The highest BCUT2D eigenvalue weighted by atomic mass is 32.1. The second-order valence-electron chi connectivity index (χ2n) is 8.10. The van der Waals surface area contributed by atoms with Crippen molar-refractivity contribution >= 4 is 56.3 Å². The first kappa shape index (κ1) is 22.4. The van der Waals surface area contributed by atoms with Gasteiger partial charge in [-0.25, -0.2) is 15.0 Å². The predicted molar refractivity (Wildman–Crippen MR) is 143 cm³/mol. The number of carbonyl (C=O) groups is 1. The van der Waals surface area contributed by atoms with Crippen LogP contribution in [0.15, 0.2) is 54.7 Å². The SMILES string of the molecule is CNc1nc(C)c(-c2ccnc(Nc3ccc4[nH]c(C(=O)Nc5ccc(C)cc5N)cc4c3)n2)s1. The number of nitrogen functional groups attached to an aromatic ring is 1. The van der Waals surface area contributed by atoms with Gasteiger partial charge in [0.1, 0.15) is 5.69 Å². The number of nitrogens with two attached hydrogens (primary N) is 1. The van der Waals surface area contributed by atoms with Crippen LogP contribution in [0.4, 0.5) is 28.1 Å². The van der Waals surface area contributed by atoms with Gasteiger partial charge < -0.3 is 26.7 Å². The lowest BCUT2D eigenvalue weighted by atomic mass is 10.2. The number of thiazole rings is 1. The van der Waals surface area contributed by atoms with E-state index in [-0.39, 0.29) is 5.91 Å². The Labute approximate surface area is 205 Å². The molecule has 0 unspecified atom stereocenters. The minimum absolute atomic E-state index is 0.261. The molecule has 3 aromatic heterocycles. The zero-order valence-corrected chi connectivity index (χ0v) is 20.2. The standard InChI is InChI=1S/C25H24N8OS/c1-13-4-6-19(17(26)10-13)32-23(34)21-12-15-11-16(5-7-18(15)31-21)30-24-28-9-8-20(33-24)22-14(2)29-25(27-3)35-22/h4-12,31H,26H2,1-3H3,(H,27,29)(H,32,34)(H,28,30,33). The molecular formula is C25H24N8OS. The van der Waals surface area contributed by atoms with Crippen molar-refractivity contribution < 1.29 is 4.79 Å². The Hall–Kier alpha value is -4.44. The van der Waals surface area contributed by atoms with Crippen molar-refractivity contribution in [3.8, 4) is 10.6 Å². The number of hydrogen-bond acceptors (Lipinski definition) is 8. The van der Waals surface area contributed by atoms with Crippen LogP contribution in [0.5, 0.6) is 0 Å². The molecule has 0 aliphatic heterocycles. The van der Waals surface area contributed by atoms with Gasteiger partial charge in [0.05, 0.1) is 27.6 Å². The Kier molecular flexibility index (Phi) is 5.79. The molecule has 5 rings (SSSR count). The Morgan fingerprint density at radius 3 is 2.69 bits per heavy atom. The van der Waals surface area contributed by atoms with E-state index in [1.54, 1.807) is 29.7 Å². The van der Waals surface area contributed by atoms with E-state index in [4.69, 9.17) is 5.73 Å². The molecule has 0 aliphatic carbocycles. The van der Waals surface area contributed by atoms with Gasteiger partial charge in [-0.2, -0.15) is 0 Å². The maximum Gasteiger partial charge on any atom is 0.272 e. The molecule has 3 heterocycles. The van der Waals surface area contributed by atoms with E-state index in [0.29, 0.717) is 23.0 Å². The van der Waals surface area contributed by atoms with Crippen molar-refractivity contribution in [3.05, 3.63) is 71.7 Å². The number of anilines is 5. The molecule has 10 heteroatoms. The van der Waals surface area contributed by atoms with E-state index in [1.807, 2.05) is 57.3 Å². The van der Waals surface area contributed by atoms with Gasteiger partial charge in [0.25, 0.3) is 5.91 Å². The topological polar surface area (TPSA) is 134 Å². The first-order valence-corrected chi connectivity index (χ1v) is 11.8. The zero-order chi connectivity index (χ0) is 24.5. The molecule has 0 aliphatic rings. The summed E-state index contributed by atoms with van der Waals surface area (Å²) in [6, 6.07) is 15.0. The van der Waals surface area contributed by atoms with Crippen LogP contribution in [0.25, 0.3) is 21.5 Å². The minimum Gasteiger partial charge on any atom is -0.397 e. The van der Waals surface area contributed by atoms with Gasteiger partial charge in [-0.3, -0.25) is 4.79 Å². The lowest BCUT2D eigenvalue weighted by Gasteiger charge is -2.07. The third-order valence-electron chi connectivity index (χ3n) is 5.48. The van der Waals surface area contributed by atoms with Crippen LogP contribution < -0.4 is 21.7 Å². The average Bonchev–Trinajstić information content (AvgIpc) is 3.44. The van der Waals surface area contributed by atoms with Gasteiger partial charge in [-0.1, -0.05) is 17.4 Å². The quantitative estimate of drug-likeness (QED) is 0.206. The van der Waals surface area contributed by atoms with Crippen LogP contribution in [0.1, 0.15) is 21.7 Å². The van der Waals surface area contributed by atoms with Crippen molar-refractivity contribution in [1.29, 1.82) is 0 Å². The summed E-state index contributed by atoms with van der Waals surface area (Å²) in [5.41, 5.74) is 12.0. The second-order valence-corrected chi connectivity index (χ2v) is 9.10. The Morgan fingerprint density at radius 1 is 1.06 bits per heavy atom. The van der Waals surface area contributed by atoms with Crippen LogP contribution in [-0.2, 0) is 0 Å². The number of aromatic amines is 1. The number of hydrogen-bond donors (Lipinski definition) is 5. The highest BCUT2D eigenvalue weighted by Gasteiger charge is 2.14. The predicted octanol–water partition coefficient (Wildman–Crippen LogP) is 5.32. The van der Waals surface area contributed by atoms with Gasteiger partial charge in [-0.05, 0) is 61.9 Å². The smallest absolute Gasteiger partial charge is 0.272 e. The van der Waals surface area contributed by atoms with Crippen LogP contribution in [-0.4, -0.2) is 32.9 Å². The third kappa shape index (κ3) is 4.64. The fourth-order valence-electron chi connectivity index (χ4n) is 3.73. The fourth-order valence-corrected chi connectivity index (χ4v) is 4.62. The van der Waals surface area contributed by atoms with Crippen LogP contribution in [0.2, 0.25) is 0 Å². The second kappa shape index (κ2) is 9.07. The van der Waals surface area contributed by atoms with E-state index < -0.39 is 0 Å². The number of amides is 1. The molecule has 0 spiro atoms. The molecule has 176 valence electrons. The summed E-state index contributed by atoms with van der Waals surface area (Å²) < 4.78 is 0. The van der Waals surface area contributed by atoms with Crippen molar-refractivity contribution in [2.45, 2.75) is 13.8 Å². The lowest BCUT2D eigenvalue weighted by molar-refractivity contribution is 0.102. The summed E-state index contributed by atoms with van der Waals surface area (Å²) >= 11 is 1.55. The average molecular weight is 485 g/mol. The number of rotatable bonds is 6. The number of aromatic nitrogens is 4. The summed E-state index contributed by atoms with van der Waals surface area (Å²) in [6.45, 7) is 3.91. The highest BCUT2D eigenvalue weighted by molar-refractivity contribution is 7.19. The molecule has 6 N–H and O–H groups in total. The molecule has 5 aromatic rings. The molecule has 35 heavy (non-hydrogen) atoms. The van der Waals surface area contributed by atoms with Crippen LogP contribution >= 0.6 is 11.3 Å². The molecular weight excluding hydrogens is 460 g/mol. The van der Waals surface area contributed by atoms with E-state index in [0.717, 1.165) is 43.6 Å². The Balaban J connectivity index is 1.36. The maximum absolute atomic E-state index is 12.8. The van der Waals surface area contributed by atoms with Crippen LogP contribution in [0.3, 0.4) is 0 Å². The monoisotopic (exact) mass is 484 g/mol. The van der Waals surface area contributed by atoms with Gasteiger partial charge >= 0.3 is 0 Å². The summed E-state index contributed by atoms with van der Waals surface area (Å²) in [7, 11) is 1.85. The number of benzene rings is 2. The minimum atomic E-state index is -0.261. The number of nitrogens with zero attached hydrogens (tertiary/aromatic N) is 3. The molecule has 9 nitrogen and oxygen atoms in total. The summed E-state index contributed by atoms with van der Waals surface area (Å²) in [4.78, 5) is 30.4. The number of fused-ring (bicyclic) bond motifs is 1. The zero-order valence-electron chi connectivity index (χ0n) is 19.4. The summed E-state index contributed by atoms with van der Waals surface area (Å²) in [6.07, 6.45) is 1.72. The number of nitrogens with one attached hydrogen (secondary N) is 4. The summed E-state index contributed by atoms with van der Waals surface area (Å²) in [5.74, 6) is 0.215. The molecule has 0 bridgehead atoms. The highest BCUT2D eigenvalue weighted by Crippen LogP contribution is 2.32. The van der Waals surface area contributed by atoms with Gasteiger partial charge in [-0.15, -0.1) is 0 Å². The fraction of sp³-hybridized carbons (Fsp3) is 0.120. The number of aryl methyl sites for hydroxylation is 2. The molecule has 1 amide bonds. The van der Waals surface area contributed by atoms with Gasteiger partial charge in [0.15, 0.2) is 5.13 Å². The Bertz CT molecular complexity index is 1550. The van der Waals surface area contributed by atoms with Crippen molar-refractivity contribution in [2.24, 2.45) is 0 Å². The normalized spacial score (nSPS) is 10.9. The molecule has 0 saturated heterocycles. The van der Waals surface area contributed by atoms with E-state index >= 15 is 0 Å². The van der Waals surface area contributed by atoms with Crippen molar-refractivity contribution in [1.82, 2.24) is 19.9 Å². The molecule has 2 aromatic carbocycles. The van der Waals surface area contributed by atoms with E-state index in [2.05, 4.69) is 35.9 Å². The number of carbonyl (C=O) groups excluding carboxylic acids is 1. The molecule has 0 saturated carbocycles. The Morgan fingerprint density at radius 2 is 1.91 bits per heavy atom. The van der Waals surface area contributed by atoms with E-state index in [1.165, 1.54) is 0 Å². The maximum atomic E-state index is 12.8. The molecule has 0 fully saturated rings. The van der Waals surface area contributed by atoms with Crippen molar-refractivity contribution in [2.75, 3.05) is 28.7 Å². The first-order valence-electron chi connectivity index (χ1n) is 11.0. The lowest BCUT2D eigenvalue weighted by Crippen LogP contribution is -2.13. The van der Waals surface area contributed by atoms with Crippen molar-refractivity contribution in [3.63, 3.8) is 0 Å². The van der Waals surface area contributed by atoms with Gasteiger partial charge in [0, 0.05) is 29.8 Å². The van der Waals surface area contributed by atoms with E-state index in [9.17, 15) is 4.79 Å². The molecule has 0 radical (unpaired) electrons. The largest absolute Gasteiger partial charge is 0.397 e. The summed E-state index contributed by atoms with van der Waals surface area (Å²) in [5, 5.41) is 10.9.